The predicted molar refractivity (Wildman–Crippen MR) is 71.0 cm³/mol. The lowest BCUT2D eigenvalue weighted by atomic mass is 9.78. The number of carbonyl (C=O) groups is 1. The van der Waals surface area contributed by atoms with Crippen molar-refractivity contribution in [3.63, 3.8) is 0 Å². The number of carbonyl (C=O) groups excluding carboxylic acids is 1. The van der Waals surface area contributed by atoms with Crippen molar-refractivity contribution in [3.8, 4) is 0 Å². The third-order valence-electron chi connectivity index (χ3n) is 3.81. The summed E-state index contributed by atoms with van der Waals surface area (Å²) >= 11 is 0. The maximum Gasteiger partial charge on any atom is 0.307 e. The van der Waals surface area contributed by atoms with Crippen molar-refractivity contribution in [2.45, 2.75) is 38.3 Å². The van der Waals surface area contributed by atoms with Crippen LogP contribution in [0.3, 0.4) is 0 Å². The summed E-state index contributed by atoms with van der Waals surface area (Å²) in [4.78, 5) is 11.4. The Labute approximate surface area is 113 Å². The molecule has 0 bridgehead atoms. The zero-order chi connectivity index (χ0) is 13.7. The van der Waals surface area contributed by atoms with Crippen LogP contribution in [0.4, 0.5) is 4.39 Å². The van der Waals surface area contributed by atoms with Crippen molar-refractivity contribution in [2.75, 3.05) is 7.11 Å². The van der Waals surface area contributed by atoms with Gasteiger partial charge in [0.1, 0.15) is 5.82 Å². The molecule has 0 spiro atoms. The lowest BCUT2D eigenvalue weighted by molar-refractivity contribution is -0.141. The van der Waals surface area contributed by atoms with Crippen LogP contribution in [0.5, 0.6) is 0 Å². The summed E-state index contributed by atoms with van der Waals surface area (Å²) in [5, 5.41) is 3.40. The Kier molecular flexibility index (Phi) is 4.91. The fourth-order valence-electron chi connectivity index (χ4n) is 2.36. The van der Waals surface area contributed by atoms with Gasteiger partial charge in [-0.3, -0.25) is 4.79 Å². The molecule has 1 fully saturated rings. The molecule has 1 saturated carbocycles. The highest BCUT2D eigenvalue weighted by molar-refractivity contribution is 5.70. The standard InChI is InChI=1S/C15H20FNO2/c1-19-15(18)9-14(12-3-2-4-12)17-10-11-5-7-13(16)8-6-11/h5-8,12,14,17H,2-4,9-10H2,1H3. The largest absolute Gasteiger partial charge is 0.469 e. The van der Waals surface area contributed by atoms with Crippen molar-refractivity contribution in [1.82, 2.24) is 5.32 Å². The monoisotopic (exact) mass is 265 g/mol. The Morgan fingerprint density at radius 3 is 2.63 bits per heavy atom. The minimum atomic E-state index is -0.228. The quantitative estimate of drug-likeness (QED) is 0.804. The van der Waals surface area contributed by atoms with E-state index in [0.717, 1.165) is 18.4 Å². The number of hydrogen-bond donors (Lipinski definition) is 1. The molecular formula is C15H20FNO2. The lowest BCUT2D eigenvalue weighted by Gasteiger charge is -2.34. The van der Waals surface area contributed by atoms with Crippen LogP contribution in [0.25, 0.3) is 0 Å². The second-order valence-electron chi connectivity index (χ2n) is 5.09. The third-order valence-corrected chi connectivity index (χ3v) is 3.81. The molecule has 1 aromatic carbocycles. The molecular weight excluding hydrogens is 245 g/mol. The number of esters is 1. The highest BCUT2D eigenvalue weighted by Gasteiger charge is 2.28. The van der Waals surface area contributed by atoms with Gasteiger partial charge in [0, 0.05) is 12.6 Å². The number of hydrogen-bond acceptors (Lipinski definition) is 3. The highest BCUT2D eigenvalue weighted by atomic mass is 19.1. The number of halogens is 1. The van der Waals surface area contributed by atoms with Gasteiger partial charge in [0.2, 0.25) is 0 Å². The molecule has 0 heterocycles. The van der Waals surface area contributed by atoms with Crippen LogP contribution in [0, 0.1) is 11.7 Å². The summed E-state index contributed by atoms with van der Waals surface area (Å²) in [6.07, 6.45) is 3.97. The molecule has 2 rings (SSSR count). The van der Waals surface area contributed by atoms with Crippen molar-refractivity contribution in [2.24, 2.45) is 5.92 Å². The van der Waals surface area contributed by atoms with E-state index in [2.05, 4.69) is 5.32 Å². The fourth-order valence-corrected chi connectivity index (χ4v) is 2.36. The van der Waals surface area contributed by atoms with Crippen molar-refractivity contribution >= 4 is 5.97 Å². The van der Waals surface area contributed by atoms with E-state index in [9.17, 15) is 9.18 Å². The van der Waals surface area contributed by atoms with Crippen LogP contribution in [-0.4, -0.2) is 19.1 Å². The van der Waals surface area contributed by atoms with E-state index in [1.165, 1.54) is 25.7 Å². The van der Waals surface area contributed by atoms with Crippen molar-refractivity contribution in [3.05, 3.63) is 35.6 Å². The molecule has 0 saturated heterocycles. The Balaban J connectivity index is 1.88. The first-order valence-corrected chi connectivity index (χ1v) is 6.73. The number of ether oxygens (including phenoxy) is 1. The molecule has 0 aromatic heterocycles. The summed E-state index contributed by atoms with van der Waals surface area (Å²) in [7, 11) is 1.42. The summed E-state index contributed by atoms with van der Waals surface area (Å²) in [5.41, 5.74) is 1.02. The number of rotatable bonds is 6. The molecule has 19 heavy (non-hydrogen) atoms. The van der Waals surface area contributed by atoms with E-state index in [1.807, 2.05) is 0 Å². The number of methoxy groups -OCH3 is 1. The van der Waals surface area contributed by atoms with Gasteiger partial charge in [-0.15, -0.1) is 0 Å². The molecule has 1 aromatic rings. The van der Waals surface area contributed by atoms with Gasteiger partial charge in [0.25, 0.3) is 0 Å². The highest BCUT2D eigenvalue weighted by Crippen LogP contribution is 2.31. The average Bonchev–Trinajstić information content (AvgIpc) is 2.35. The molecule has 3 nitrogen and oxygen atoms in total. The molecule has 1 atom stereocenters. The van der Waals surface area contributed by atoms with Gasteiger partial charge in [-0.2, -0.15) is 0 Å². The average molecular weight is 265 g/mol. The summed E-state index contributed by atoms with van der Waals surface area (Å²) in [6.45, 7) is 0.651. The first kappa shape index (κ1) is 14.0. The van der Waals surface area contributed by atoms with Crippen LogP contribution in [0.1, 0.15) is 31.2 Å². The predicted octanol–water partition coefficient (Wildman–Crippen LogP) is 2.65. The molecule has 104 valence electrons. The van der Waals surface area contributed by atoms with E-state index in [4.69, 9.17) is 4.74 Å². The van der Waals surface area contributed by atoms with Gasteiger partial charge in [-0.05, 0) is 36.5 Å². The molecule has 0 aliphatic heterocycles. The Morgan fingerprint density at radius 2 is 2.11 bits per heavy atom. The minimum Gasteiger partial charge on any atom is -0.469 e. The topological polar surface area (TPSA) is 38.3 Å². The van der Waals surface area contributed by atoms with E-state index in [0.29, 0.717) is 18.9 Å². The molecule has 4 heteroatoms. The Bertz CT molecular complexity index is 415. The van der Waals surface area contributed by atoms with Crippen LogP contribution in [-0.2, 0) is 16.1 Å². The molecule has 0 radical (unpaired) electrons. The lowest BCUT2D eigenvalue weighted by Crippen LogP contribution is -2.40. The first-order valence-electron chi connectivity index (χ1n) is 6.73. The SMILES string of the molecule is COC(=O)CC(NCc1ccc(F)cc1)C1CCC1. The third kappa shape index (κ3) is 4.03. The molecule has 1 N–H and O–H groups in total. The minimum absolute atomic E-state index is 0.159. The summed E-state index contributed by atoms with van der Waals surface area (Å²) in [6, 6.07) is 6.59. The zero-order valence-corrected chi connectivity index (χ0v) is 11.2. The van der Waals surface area contributed by atoms with Gasteiger partial charge < -0.3 is 10.1 Å². The number of nitrogens with one attached hydrogen (secondary N) is 1. The maximum absolute atomic E-state index is 12.8. The van der Waals surface area contributed by atoms with Crippen LogP contribution >= 0.6 is 0 Å². The Morgan fingerprint density at radius 1 is 1.42 bits per heavy atom. The van der Waals surface area contributed by atoms with Crippen molar-refractivity contribution in [1.29, 1.82) is 0 Å². The second-order valence-corrected chi connectivity index (χ2v) is 5.09. The molecule has 0 amide bonds. The summed E-state index contributed by atoms with van der Waals surface area (Å²) < 4.78 is 17.6. The van der Waals surface area contributed by atoms with Gasteiger partial charge in [-0.1, -0.05) is 18.6 Å². The van der Waals surface area contributed by atoms with Crippen molar-refractivity contribution < 1.29 is 13.9 Å². The van der Waals surface area contributed by atoms with E-state index < -0.39 is 0 Å². The smallest absolute Gasteiger partial charge is 0.307 e. The van der Waals surface area contributed by atoms with Crippen LogP contribution in [0.15, 0.2) is 24.3 Å². The van der Waals surface area contributed by atoms with E-state index in [1.54, 1.807) is 12.1 Å². The zero-order valence-electron chi connectivity index (χ0n) is 11.2. The normalized spacial score (nSPS) is 16.7. The summed E-state index contributed by atoms with van der Waals surface area (Å²) in [5.74, 6) is 0.150. The molecule has 1 aliphatic rings. The van der Waals surface area contributed by atoms with Gasteiger partial charge in [0.15, 0.2) is 0 Å². The van der Waals surface area contributed by atoms with Crippen LogP contribution < -0.4 is 5.32 Å². The number of benzene rings is 1. The Hall–Kier alpha value is -1.42. The van der Waals surface area contributed by atoms with Crippen LogP contribution in [0.2, 0.25) is 0 Å². The van der Waals surface area contributed by atoms with E-state index in [-0.39, 0.29) is 17.8 Å². The van der Waals surface area contributed by atoms with Gasteiger partial charge in [-0.25, -0.2) is 4.39 Å². The van der Waals surface area contributed by atoms with Gasteiger partial charge >= 0.3 is 5.97 Å². The first-order chi connectivity index (χ1) is 9.19. The maximum atomic E-state index is 12.8. The van der Waals surface area contributed by atoms with E-state index >= 15 is 0 Å². The second kappa shape index (κ2) is 6.66. The van der Waals surface area contributed by atoms with Gasteiger partial charge in [0.05, 0.1) is 13.5 Å². The molecule has 1 unspecified atom stereocenters. The molecule has 1 aliphatic carbocycles. The fraction of sp³-hybridized carbons (Fsp3) is 0.533.